The third kappa shape index (κ3) is 6.61. The fourth-order valence-electron chi connectivity index (χ4n) is 8.60. The van der Waals surface area contributed by atoms with Crippen LogP contribution in [0.25, 0.3) is 88.3 Å². The van der Waals surface area contributed by atoms with Crippen LogP contribution >= 0.6 is 0 Å². The van der Waals surface area contributed by atoms with E-state index in [0.29, 0.717) is 0 Å². The van der Waals surface area contributed by atoms with E-state index in [1.165, 1.54) is 49.7 Å². The SMILES string of the molecule is c1ccc(-c2ccc(-c3ccccc3)c(-c3ccc(N(c4ccc(-c5ccc6ccccc6c5)cc4)c4cccc(-c5ccc6oc7ccccc7c6c5)c4)cc3)c2)cc1. The fourth-order valence-corrected chi connectivity index (χ4v) is 8.60. The van der Waals surface area contributed by atoms with E-state index in [9.17, 15) is 0 Å². The average Bonchev–Trinajstić information content (AvgIpc) is 3.70. The molecule has 0 atom stereocenters. The highest BCUT2D eigenvalue weighted by atomic mass is 16.3. The number of para-hydroxylation sites is 1. The molecule has 0 saturated carbocycles. The molecule has 0 bridgehead atoms. The Hall–Kier alpha value is -7.94. The smallest absolute Gasteiger partial charge is 0.135 e. The van der Waals surface area contributed by atoms with Crippen molar-refractivity contribution in [1.29, 1.82) is 0 Å². The summed E-state index contributed by atoms with van der Waals surface area (Å²) in [5.74, 6) is 0. The second-order valence-electron chi connectivity index (χ2n) is 15.3. The number of hydrogen-bond donors (Lipinski definition) is 0. The van der Waals surface area contributed by atoms with Crippen molar-refractivity contribution in [3.05, 3.63) is 237 Å². The highest BCUT2D eigenvalue weighted by Crippen LogP contribution is 2.41. The second kappa shape index (κ2) is 15.1. The van der Waals surface area contributed by atoms with Crippen LogP contribution in [-0.4, -0.2) is 0 Å². The van der Waals surface area contributed by atoms with E-state index >= 15 is 0 Å². The zero-order valence-electron chi connectivity index (χ0n) is 32.9. The molecule has 11 aromatic rings. The maximum Gasteiger partial charge on any atom is 0.135 e. The Morgan fingerprint density at radius 3 is 1.55 bits per heavy atom. The Balaban J connectivity index is 1.02. The van der Waals surface area contributed by atoms with E-state index in [0.717, 1.165) is 55.7 Å². The average molecular weight is 766 g/mol. The Kier molecular flexibility index (Phi) is 8.87. The van der Waals surface area contributed by atoms with Crippen molar-refractivity contribution in [1.82, 2.24) is 0 Å². The van der Waals surface area contributed by atoms with E-state index in [-0.39, 0.29) is 0 Å². The van der Waals surface area contributed by atoms with Gasteiger partial charge >= 0.3 is 0 Å². The molecule has 0 fully saturated rings. The largest absolute Gasteiger partial charge is 0.456 e. The zero-order chi connectivity index (χ0) is 39.8. The van der Waals surface area contributed by atoms with Crippen LogP contribution in [0.1, 0.15) is 0 Å². The van der Waals surface area contributed by atoms with Gasteiger partial charge in [0.15, 0.2) is 0 Å². The first kappa shape index (κ1) is 35.2. The van der Waals surface area contributed by atoms with Gasteiger partial charge in [-0.1, -0.05) is 170 Å². The molecule has 0 aliphatic carbocycles. The van der Waals surface area contributed by atoms with Crippen molar-refractivity contribution in [2.24, 2.45) is 0 Å². The van der Waals surface area contributed by atoms with Crippen molar-refractivity contribution in [2.45, 2.75) is 0 Å². The summed E-state index contributed by atoms with van der Waals surface area (Å²) in [4.78, 5) is 2.36. The maximum atomic E-state index is 6.18. The molecule has 0 aliphatic heterocycles. The molecular formula is C58H39NO. The van der Waals surface area contributed by atoms with Crippen LogP contribution in [0, 0.1) is 0 Å². The standard InChI is InChI=1S/C58H39NO/c1-3-12-40(13-4-1)48-28-34-53(43-15-5-2-6-16-43)55(38-48)44-26-32-51(33-27-44)59(50-30-24-42(25-31-50)47-23-22-41-14-7-8-17-45(41)36-47)52-19-11-18-46(37-52)49-29-35-58-56(39-49)54-20-9-10-21-57(54)60-58/h1-39H. The number of hydrogen-bond acceptors (Lipinski definition) is 2. The molecule has 0 spiro atoms. The van der Waals surface area contributed by atoms with Crippen LogP contribution < -0.4 is 4.90 Å². The quantitative estimate of drug-likeness (QED) is 0.153. The Morgan fingerprint density at radius 2 is 0.767 bits per heavy atom. The summed E-state index contributed by atoms with van der Waals surface area (Å²) in [5.41, 5.74) is 16.9. The van der Waals surface area contributed by atoms with Gasteiger partial charge in [-0.25, -0.2) is 0 Å². The third-order valence-corrected chi connectivity index (χ3v) is 11.7. The second-order valence-corrected chi connectivity index (χ2v) is 15.3. The normalized spacial score (nSPS) is 11.3. The van der Waals surface area contributed by atoms with Gasteiger partial charge in [0, 0.05) is 27.8 Å². The van der Waals surface area contributed by atoms with Gasteiger partial charge in [0.1, 0.15) is 11.2 Å². The van der Waals surface area contributed by atoms with Crippen LogP contribution in [0.2, 0.25) is 0 Å². The molecule has 60 heavy (non-hydrogen) atoms. The van der Waals surface area contributed by atoms with Gasteiger partial charge in [0.25, 0.3) is 0 Å². The summed E-state index contributed by atoms with van der Waals surface area (Å²) in [6, 6.07) is 85.0. The number of rotatable bonds is 8. The molecular weight excluding hydrogens is 727 g/mol. The lowest BCUT2D eigenvalue weighted by Crippen LogP contribution is -2.10. The lowest BCUT2D eigenvalue weighted by Gasteiger charge is -2.26. The Labute approximate surface area is 349 Å². The number of furan rings is 1. The van der Waals surface area contributed by atoms with Crippen molar-refractivity contribution in [3.8, 4) is 55.6 Å². The summed E-state index contributed by atoms with van der Waals surface area (Å²) in [7, 11) is 0. The summed E-state index contributed by atoms with van der Waals surface area (Å²) < 4.78 is 6.18. The summed E-state index contributed by atoms with van der Waals surface area (Å²) in [6.07, 6.45) is 0. The molecule has 1 aromatic heterocycles. The van der Waals surface area contributed by atoms with Gasteiger partial charge < -0.3 is 9.32 Å². The van der Waals surface area contributed by atoms with Crippen LogP contribution in [0.5, 0.6) is 0 Å². The first-order valence-electron chi connectivity index (χ1n) is 20.5. The van der Waals surface area contributed by atoms with E-state index in [4.69, 9.17) is 4.42 Å². The van der Waals surface area contributed by atoms with E-state index in [2.05, 4.69) is 229 Å². The highest BCUT2D eigenvalue weighted by molar-refractivity contribution is 6.06. The van der Waals surface area contributed by atoms with Crippen molar-refractivity contribution in [3.63, 3.8) is 0 Å². The van der Waals surface area contributed by atoms with Crippen molar-refractivity contribution < 1.29 is 4.42 Å². The molecule has 2 nitrogen and oxygen atoms in total. The molecule has 282 valence electrons. The highest BCUT2D eigenvalue weighted by Gasteiger charge is 2.17. The van der Waals surface area contributed by atoms with Gasteiger partial charge in [-0.15, -0.1) is 0 Å². The van der Waals surface area contributed by atoms with Crippen LogP contribution in [-0.2, 0) is 0 Å². The Morgan fingerprint density at radius 1 is 0.250 bits per heavy atom. The summed E-state index contributed by atoms with van der Waals surface area (Å²) >= 11 is 0. The number of benzene rings is 10. The molecule has 2 heteroatoms. The lowest BCUT2D eigenvalue weighted by atomic mass is 9.91. The number of nitrogens with zero attached hydrogens (tertiary/aromatic N) is 1. The molecule has 0 unspecified atom stereocenters. The zero-order valence-corrected chi connectivity index (χ0v) is 32.9. The summed E-state index contributed by atoms with van der Waals surface area (Å²) in [5, 5.41) is 4.74. The molecule has 0 saturated heterocycles. The first-order chi connectivity index (χ1) is 29.7. The van der Waals surface area contributed by atoms with E-state index < -0.39 is 0 Å². The molecule has 10 aromatic carbocycles. The number of fused-ring (bicyclic) bond motifs is 4. The maximum absolute atomic E-state index is 6.18. The first-order valence-corrected chi connectivity index (χ1v) is 20.5. The minimum atomic E-state index is 0.897. The van der Waals surface area contributed by atoms with Crippen LogP contribution in [0.4, 0.5) is 17.1 Å². The van der Waals surface area contributed by atoms with E-state index in [1.54, 1.807) is 0 Å². The lowest BCUT2D eigenvalue weighted by molar-refractivity contribution is 0.669. The number of anilines is 3. The van der Waals surface area contributed by atoms with Crippen LogP contribution in [0.3, 0.4) is 0 Å². The minimum Gasteiger partial charge on any atom is -0.456 e. The molecule has 1 heterocycles. The topological polar surface area (TPSA) is 16.4 Å². The Bertz CT molecular complexity index is 3290. The minimum absolute atomic E-state index is 0.897. The van der Waals surface area contributed by atoms with Gasteiger partial charge in [-0.2, -0.15) is 0 Å². The van der Waals surface area contributed by atoms with Crippen molar-refractivity contribution in [2.75, 3.05) is 4.90 Å². The van der Waals surface area contributed by atoms with Gasteiger partial charge in [-0.05, 0) is 133 Å². The fraction of sp³-hybridized carbons (Fsp3) is 0. The van der Waals surface area contributed by atoms with Crippen LogP contribution in [0.15, 0.2) is 241 Å². The van der Waals surface area contributed by atoms with Gasteiger partial charge in [-0.3, -0.25) is 0 Å². The summed E-state index contributed by atoms with van der Waals surface area (Å²) in [6.45, 7) is 0. The molecule has 0 radical (unpaired) electrons. The molecule has 0 amide bonds. The van der Waals surface area contributed by atoms with Gasteiger partial charge in [0.05, 0.1) is 0 Å². The monoisotopic (exact) mass is 765 g/mol. The van der Waals surface area contributed by atoms with Crippen molar-refractivity contribution >= 4 is 49.8 Å². The van der Waals surface area contributed by atoms with E-state index in [1.807, 2.05) is 12.1 Å². The molecule has 0 aliphatic rings. The third-order valence-electron chi connectivity index (χ3n) is 11.7. The van der Waals surface area contributed by atoms with Gasteiger partial charge in [0.2, 0.25) is 0 Å². The predicted molar refractivity (Wildman–Crippen MR) is 253 cm³/mol. The predicted octanol–water partition coefficient (Wildman–Crippen LogP) is 16.5. The molecule has 11 rings (SSSR count). The molecule has 0 N–H and O–H groups in total.